The molecule has 0 unspecified atom stereocenters. The number of benzene rings is 1. The van der Waals surface area contributed by atoms with Crippen LogP contribution in [0.25, 0.3) is 0 Å². The predicted octanol–water partition coefficient (Wildman–Crippen LogP) is 2.71. The number of nitrogens with one attached hydrogen (secondary N) is 1. The van der Waals surface area contributed by atoms with Gasteiger partial charge in [-0.05, 0) is 44.6 Å². The van der Waals surface area contributed by atoms with Gasteiger partial charge in [0.25, 0.3) is 5.91 Å². The lowest BCUT2D eigenvalue weighted by Gasteiger charge is -2.10. The van der Waals surface area contributed by atoms with Crippen molar-refractivity contribution < 1.29 is 4.79 Å². The summed E-state index contributed by atoms with van der Waals surface area (Å²) in [7, 11) is 3.99. The maximum Gasteiger partial charge on any atom is 0.251 e. The molecule has 0 aromatic heterocycles. The van der Waals surface area contributed by atoms with Gasteiger partial charge in [-0.1, -0.05) is 31.9 Å². The molecule has 106 valence electrons. The van der Waals surface area contributed by atoms with E-state index in [0.29, 0.717) is 6.54 Å². The molecule has 0 aliphatic heterocycles. The fourth-order valence-corrected chi connectivity index (χ4v) is 1.90. The number of unbranched alkanes of at least 4 members (excludes halogenated alkanes) is 2. The molecule has 3 heteroatoms. The standard InChI is InChI=1S/C16H26N2O/c1-4-5-6-7-14-8-10-15(11-9-14)16(19)17-12-13-18(2)3/h8-11H,4-7,12-13H2,1-3H3,(H,17,19). The first-order valence-electron chi connectivity index (χ1n) is 7.15. The number of hydrogen-bond acceptors (Lipinski definition) is 2. The minimum Gasteiger partial charge on any atom is -0.351 e. The zero-order valence-corrected chi connectivity index (χ0v) is 12.4. The summed E-state index contributed by atoms with van der Waals surface area (Å²) in [5.41, 5.74) is 2.07. The Morgan fingerprint density at radius 2 is 1.84 bits per heavy atom. The second kappa shape index (κ2) is 8.70. The van der Waals surface area contributed by atoms with Crippen molar-refractivity contribution in [2.24, 2.45) is 0 Å². The largest absolute Gasteiger partial charge is 0.351 e. The van der Waals surface area contributed by atoms with E-state index < -0.39 is 0 Å². The van der Waals surface area contributed by atoms with Crippen LogP contribution in [0.4, 0.5) is 0 Å². The number of hydrogen-bond donors (Lipinski definition) is 1. The molecular formula is C16H26N2O. The number of nitrogens with zero attached hydrogens (tertiary/aromatic N) is 1. The summed E-state index contributed by atoms with van der Waals surface area (Å²) in [6, 6.07) is 7.98. The number of carbonyl (C=O) groups excluding carboxylic acids is 1. The van der Waals surface area contributed by atoms with Crippen LogP contribution in [0.5, 0.6) is 0 Å². The zero-order chi connectivity index (χ0) is 14.1. The molecule has 0 heterocycles. The SMILES string of the molecule is CCCCCc1ccc(C(=O)NCCN(C)C)cc1. The van der Waals surface area contributed by atoms with E-state index in [2.05, 4.69) is 29.3 Å². The van der Waals surface area contributed by atoms with E-state index in [1.54, 1.807) is 0 Å². The first-order valence-corrected chi connectivity index (χ1v) is 7.15. The first kappa shape index (κ1) is 15.7. The molecule has 3 nitrogen and oxygen atoms in total. The van der Waals surface area contributed by atoms with Crippen molar-refractivity contribution in [3.05, 3.63) is 35.4 Å². The molecule has 1 aromatic rings. The Balaban J connectivity index is 2.39. The monoisotopic (exact) mass is 262 g/mol. The van der Waals surface area contributed by atoms with Crippen molar-refractivity contribution in [3.63, 3.8) is 0 Å². The maximum atomic E-state index is 11.9. The van der Waals surface area contributed by atoms with Crippen molar-refractivity contribution in [2.75, 3.05) is 27.2 Å². The molecular weight excluding hydrogens is 236 g/mol. The highest BCUT2D eigenvalue weighted by Crippen LogP contribution is 2.08. The Kier molecular flexibility index (Phi) is 7.19. The lowest BCUT2D eigenvalue weighted by Crippen LogP contribution is -2.31. The van der Waals surface area contributed by atoms with Gasteiger partial charge in [-0.25, -0.2) is 0 Å². The molecule has 1 aromatic carbocycles. The molecule has 0 saturated carbocycles. The molecule has 1 amide bonds. The summed E-state index contributed by atoms with van der Waals surface area (Å²) in [5.74, 6) is 0.0157. The van der Waals surface area contributed by atoms with Crippen LogP contribution < -0.4 is 5.32 Å². The normalized spacial score (nSPS) is 10.7. The third kappa shape index (κ3) is 6.39. The van der Waals surface area contributed by atoms with E-state index in [1.165, 1.54) is 24.8 Å². The van der Waals surface area contributed by atoms with Crippen LogP contribution in [0.2, 0.25) is 0 Å². The van der Waals surface area contributed by atoms with Crippen LogP contribution in [-0.4, -0.2) is 38.0 Å². The number of likely N-dealkylation sites (N-methyl/N-ethyl adjacent to an activating group) is 1. The summed E-state index contributed by atoms with van der Waals surface area (Å²) >= 11 is 0. The van der Waals surface area contributed by atoms with Crippen molar-refractivity contribution in [1.82, 2.24) is 10.2 Å². The van der Waals surface area contributed by atoms with Crippen molar-refractivity contribution in [1.29, 1.82) is 0 Å². The molecule has 19 heavy (non-hydrogen) atoms. The van der Waals surface area contributed by atoms with Crippen LogP contribution in [-0.2, 0) is 6.42 Å². The average molecular weight is 262 g/mol. The summed E-state index contributed by atoms with van der Waals surface area (Å²) < 4.78 is 0. The van der Waals surface area contributed by atoms with Crippen molar-refractivity contribution in [2.45, 2.75) is 32.6 Å². The van der Waals surface area contributed by atoms with E-state index in [4.69, 9.17) is 0 Å². The van der Waals surface area contributed by atoms with Gasteiger partial charge in [0.1, 0.15) is 0 Å². The van der Waals surface area contributed by atoms with Crippen molar-refractivity contribution >= 4 is 5.91 Å². The summed E-state index contributed by atoms with van der Waals surface area (Å²) in [6.45, 7) is 3.76. The molecule has 0 saturated heterocycles. The molecule has 0 aliphatic carbocycles. The van der Waals surface area contributed by atoms with Gasteiger partial charge in [-0.15, -0.1) is 0 Å². The number of amides is 1. The van der Waals surface area contributed by atoms with Gasteiger partial charge < -0.3 is 10.2 Å². The Labute approximate surface area is 117 Å². The van der Waals surface area contributed by atoms with Crippen LogP contribution in [0, 0.1) is 0 Å². The van der Waals surface area contributed by atoms with Crippen molar-refractivity contribution in [3.8, 4) is 0 Å². The van der Waals surface area contributed by atoms with Crippen LogP contribution in [0.1, 0.15) is 42.1 Å². The second-order valence-corrected chi connectivity index (χ2v) is 5.21. The maximum absolute atomic E-state index is 11.9. The Hall–Kier alpha value is -1.35. The van der Waals surface area contributed by atoms with Gasteiger partial charge in [-0.3, -0.25) is 4.79 Å². The molecule has 0 aliphatic rings. The fraction of sp³-hybridized carbons (Fsp3) is 0.562. The molecule has 0 radical (unpaired) electrons. The number of rotatable bonds is 8. The molecule has 0 spiro atoms. The Morgan fingerprint density at radius 1 is 1.16 bits per heavy atom. The summed E-state index contributed by atoms with van der Waals surface area (Å²) in [4.78, 5) is 13.9. The highest BCUT2D eigenvalue weighted by atomic mass is 16.1. The molecule has 0 atom stereocenters. The molecule has 0 fully saturated rings. The van der Waals surface area contributed by atoms with Gasteiger partial charge in [0.2, 0.25) is 0 Å². The smallest absolute Gasteiger partial charge is 0.251 e. The lowest BCUT2D eigenvalue weighted by atomic mass is 10.1. The Morgan fingerprint density at radius 3 is 2.42 bits per heavy atom. The average Bonchev–Trinajstić information content (AvgIpc) is 2.39. The van der Waals surface area contributed by atoms with E-state index in [9.17, 15) is 4.79 Å². The van der Waals surface area contributed by atoms with Gasteiger partial charge in [-0.2, -0.15) is 0 Å². The summed E-state index contributed by atoms with van der Waals surface area (Å²) in [5, 5.41) is 2.92. The van der Waals surface area contributed by atoms with Gasteiger partial charge in [0.05, 0.1) is 0 Å². The van der Waals surface area contributed by atoms with Gasteiger partial charge in [0.15, 0.2) is 0 Å². The highest BCUT2D eigenvalue weighted by Gasteiger charge is 2.04. The van der Waals surface area contributed by atoms with E-state index in [-0.39, 0.29) is 5.91 Å². The minimum absolute atomic E-state index is 0.0157. The molecule has 1 rings (SSSR count). The summed E-state index contributed by atoms with van der Waals surface area (Å²) in [6.07, 6.45) is 4.85. The lowest BCUT2D eigenvalue weighted by molar-refractivity contribution is 0.0951. The quantitative estimate of drug-likeness (QED) is 0.731. The fourth-order valence-electron chi connectivity index (χ4n) is 1.90. The van der Waals surface area contributed by atoms with Crippen LogP contribution in [0.15, 0.2) is 24.3 Å². The third-order valence-electron chi connectivity index (χ3n) is 3.13. The number of carbonyl (C=O) groups is 1. The molecule has 1 N–H and O–H groups in total. The van der Waals surface area contributed by atoms with Gasteiger partial charge in [0, 0.05) is 18.7 Å². The second-order valence-electron chi connectivity index (χ2n) is 5.21. The van der Waals surface area contributed by atoms with E-state index in [0.717, 1.165) is 18.5 Å². The molecule has 0 bridgehead atoms. The van der Waals surface area contributed by atoms with Crippen LogP contribution in [0.3, 0.4) is 0 Å². The van der Waals surface area contributed by atoms with E-state index >= 15 is 0 Å². The minimum atomic E-state index is 0.0157. The number of aryl methyl sites for hydroxylation is 1. The third-order valence-corrected chi connectivity index (χ3v) is 3.13. The Bertz CT molecular complexity index is 371. The zero-order valence-electron chi connectivity index (χ0n) is 12.4. The predicted molar refractivity (Wildman–Crippen MR) is 80.6 cm³/mol. The first-order chi connectivity index (χ1) is 9.13. The topological polar surface area (TPSA) is 32.3 Å². The van der Waals surface area contributed by atoms with E-state index in [1.807, 2.05) is 26.2 Å². The highest BCUT2D eigenvalue weighted by molar-refractivity contribution is 5.94. The van der Waals surface area contributed by atoms with Gasteiger partial charge >= 0.3 is 0 Å². The van der Waals surface area contributed by atoms with Crippen LogP contribution >= 0.6 is 0 Å².